The first-order chi connectivity index (χ1) is 13.0. The van der Waals surface area contributed by atoms with Crippen LogP contribution >= 0.6 is 11.6 Å². The molecule has 1 saturated heterocycles. The molecule has 1 fully saturated rings. The molecule has 2 aromatic rings. The number of pyridine rings is 1. The largest absolute Gasteiger partial charge is 0.483 e. The van der Waals surface area contributed by atoms with Crippen LogP contribution in [0, 0.1) is 12.7 Å². The second kappa shape index (κ2) is 9.87. The predicted octanol–water partition coefficient (Wildman–Crippen LogP) is 3.24. The number of anilines is 1. The molecule has 1 aromatic carbocycles. The molecule has 144 valence electrons. The Kier molecular flexibility index (Phi) is 7.55. The van der Waals surface area contributed by atoms with E-state index in [0.29, 0.717) is 30.2 Å². The molecule has 6 nitrogen and oxygen atoms in total. The molecule has 1 aliphatic heterocycles. The summed E-state index contributed by atoms with van der Waals surface area (Å²) in [6.07, 6.45) is 2.49. The number of carboxylic acid groups (broad SMARTS) is 1. The number of halogens is 2. The molecule has 1 aromatic heterocycles. The van der Waals surface area contributed by atoms with E-state index in [1.807, 2.05) is 0 Å². The van der Waals surface area contributed by atoms with Crippen LogP contribution in [0.3, 0.4) is 0 Å². The highest BCUT2D eigenvalue weighted by molar-refractivity contribution is 6.32. The average Bonchev–Trinajstić information content (AvgIpc) is 2.89. The number of carbonyl (C=O) groups excluding carboxylic acids is 1. The third-order valence-electron chi connectivity index (χ3n) is 4.26. The van der Waals surface area contributed by atoms with Crippen LogP contribution in [-0.2, 0) is 4.79 Å². The summed E-state index contributed by atoms with van der Waals surface area (Å²) in [4.78, 5) is 29.2. The number of nitrogens with zero attached hydrogens (tertiary/aromatic N) is 3. The van der Waals surface area contributed by atoms with E-state index >= 15 is 0 Å². The van der Waals surface area contributed by atoms with Crippen molar-refractivity contribution in [2.45, 2.75) is 13.3 Å². The third-order valence-corrected chi connectivity index (χ3v) is 4.55. The van der Waals surface area contributed by atoms with E-state index in [0.717, 1.165) is 18.8 Å². The van der Waals surface area contributed by atoms with Gasteiger partial charge in [-0.25, -0.2) is 9.37 Å². The predicted molar refractivity (Wildman–Crippen MR) is 102 cm³/mol. The summed E-state index contributed by atoms with van der Waals surface area (Å²) >= 11 is 6.21. The van der Waals surface area contributed by atoms with Gasteiger partial charge in [-0.1, -0.05) is 23.7 Å². The summed E-state index contributed by atoms with van der Waals surface area (Å²) in [5, 5.41) is 7.49. The van der Waals surface area contributed by atoms with Crippen molar-refractivity contribution in [2.24, 2.45) is 0 Å². The summed E-state index contributed by atoms with van der Waals surface area (Å²) in [5.74, 6) is 0.0176. The molecular formula is C19H21ClFN3O3. The monoisotopic (exact) mass is 393 g/mol. The Bertz CT molecular complexity index is 783. The third kappa shape index (κ3) is 5.17. The van der Waals surface area contributed by atoms with E-state index < -0.39 is 5.82 Å². The fourth-order valence-corrected chi connectivity index (χ4v) is 3.24. The van der Waals surface area contributed by atoms with Gasteiger partial charge >= 0.3 is 0 Å². The molecule has 1 N–H and O–H groups in total. The number of hydrogen-bond donors (Lipinski definition) is 1. The van der Waals surface area contributed by atoms with E-state index in [9.17, 15) is 9.18 Å². The summed E-state index contributed by atoms with van der Waals surface area (Å²) in [7, 11) is 0. The summed E-state index contributed by atoms with van der Waals surface area (Å²) < 4.78 is 14.1. The SMILES string of the molecule is Cc1cccc(F)c1C(=O)N1CCCN(c2ncccc2Cl)CC1.O=CO. The van der Waals surface area contributed by atoms with Gasteiger partial charge in [-0.3, -0.25) is 9.59 Å². The van der Waals surface area contributed by atoms with Crippen molar-refractivity contribution in [3.05, 3.63) is 58.5 Å². The molecule has 3 rings (SSSR count). The molecule has 0 unspecified atom stereocenters. The second-order valence-corrected chi connectivity index (χ2v) is 6.39. The maximum atomic E-state index is 14.1. The van der Waals surface area contributed by atoms with Crippen molar-refractivity contribution in [3.8, 4) is 0 Å². The van der Waals surface area contributed by atoms with Crippen LogP contribution in [0.15, 0.2) is 36.5 Å². The van der Waals surface area contributed by atoms with Gasteiger partial charge in [0.1, 0.15) is 11.6 Å². The molecule has 2 heterocycles. The maximum absolute atomic E-state index is 14.1. The van der Waals surface area contributed by atoms with E-state index in [-0.39, 0.29) is 17.9 Å². The molecule has 0 spiro atoms. The maximum Gasteiger partial charge on any atom is 0.290 e. The first-order valence-corrected chi connectivity index (χ1v) is 8.85. The van der Waals surface area contributed by atoms with Gasteiger partial charge in [0, 0.05) is 32.4 Å². The fraction of sp³-hybridized carbons (Fsp3) is 0.316. The van der Waals surface area contributed by atoms with Crippen molar-refractivity contribution in [1.82, 2.24) is 9.88 Å². The zero-order valence-corrected chi connectivity index (χ0v) is 15.7. The lowest BCUT2D eigenvalue weighted by molar-refractivity contribution is -0.122. The first-order valence-electron chi connectivity index (χ1n) is 8.47. The van der Waals surface area contributed by atoms with Gasteiger partial charge in [-0.05, 0) is 37.1 Å². The van der Waals surface area contributed by atoms with Crippen molar-refractivity contribution in [1.29, 1.82) is 0 Å². The molecule has 0 atom stereocenters. The van der Waals surface area contributed by atoms with Crippen LogP contribution in [0.1, 0.15) is 22.3 Å². The molecule has 0 bridgehead atoms. The highest BCUT2D eigenvalue weighted by Gasteiger charge is 2.24. The Morgan fingerprint density at radius 1 is 1.22 bits per heavy atom. The number of benzene rings is 1. The molecular weight excluding hydrogens is 373 g/mol. The van der Waals surface area contributed by atoms with Crippen LogP contribution in [0.25, 0.3) is 0 Å². The number of rotatable bonds is 2. The van der Waals surface area contributed by atoms with Crippen LogP contribution in [0.4, 0.5) is 10.2 Å². The van der Waals surface area contributed by atoms with Gasteiger partial charge in [0.2, 0.25) is 0 Å². The minimum absolute atomic E-state index is 0.168. The Hall–Kier alpha value is -2.67. The van der Waals surface area contributed by atoms with Crippen LogP contribution in [0.2, 0.25) is 5.02 Å². The Morgan fingerprint density at radius 3 is 2.63 bits per heavy atom. The lowest BCUT2D eigenvalue weighted by Gasteiger charge is -2.24. The van der Waals surface area contributed by atoms with E-state index in [2.05, 4.69) is 9.88 Å². The summed E-state index contributed by atoms with van der Waals surface area (Å²) in [5.41, 5.74) is 0.829. The Morgan fingerprint density at radius 2 is 1.96 bits per heavy atom. The molecule has 0 aliphatic carbocycles. The van der Waals surface area contributed by atoms with Crippen LogP contribution < -0.4 is 4.90 Å². The quantitative estimate of drug-likeness (QED) is 0.793. The lowest BCUT2D eigenvalue weighted by atomic mass is 10.1. The normalized spacial score (nSPS) is 14.0. The van der Waals surface area contributed by atoms with E-state index in [4.69, 9.17) is 21.5 Å². The number of aryl methyl sites for hydroxylation is 1. The molecule has 0 radical (unpaired) electrons. The van der Waals surface area contributed by atoms with Gasteiger partial charge in [0.05, 0.1) is 10.6 Å². The molecule has 1 aliphatic rings. The van der Waals surface area contributed by atoms with Crippen LogP contribution in [0.5, 0.6) is 0 Å². The number of amides is 1. The van der Waals surface area contributed by atoms with Gasteiger partial charge in [-0.2, -0.15) is 0 Å². The summed E-state index contributed by atoms with van der Waals surface area (Å²) in [6, 6.07) is 8.31. The highest BCUT2D eigenvalue weighted by Crippen LogP contribution is 2.24. The van der Waals surface area contributed by atoms with Gasteiger partial charge < -0.3 is 14.9 Å². The first kappa shape index (κ1) is 20.6. The van der Waals surface area contributed by atoms with Crippen molar-refractivity contribution in [2.75, 3.05) is 31.1 Å². The summed E-state index contributed by atoms with van der Waals surface area (Å²) in [6.45, 7) is 3.99. The topological polar surface area (TPSA) is 73.7 Å². The molecule has 8 heteroatoms. The lowest BCUT2D eigenvalue weighted by Crippen LogP contribution is -2.36. The van der Waals surface area contributed by atoms with Gasteiger partial charge in [-0.15, -0.1) is 0 Å². The molecule has 27 heavy (non-hydrogen) atoms. The average molecular weight is 394 g/mol. The number of hydrogen-bond acceptors (Lipinski definition) is 4. The van der Waals surface area contributed by atoms with E-state index in [1.165, 1.54) is 6.07 Å². The fourth-order valence-electron chi connectivity index (χ4n) is 3.00. The standard InChI is InChI=1S/C18H19ClFN3O.CH2O2/c1-13-5-2-7-15(20)16(13)18(24)23-10-4-9-22(11-12-23)17-14(19)6-3-8-21-17;2-1-3/h2-3,5-8H,4,9-12H2,1H3;1H,(H,2,3). The number of carbonyl (C=O) groups is 2. The van der Waals surface area contributed by atoms with E-state index in [1.54, 1.807) is 42.3 Å². The van der Waals surface area contributed by atoms with Crippen molar-refractivity contribution in [3.63, 3.8) is 0 Å². The molecule has 0 saturated carbocycles. The molecule has 1 amide bonds. The zero-order chi connectivity index (χ0) is 19.8. The number of aromatic nitrogens is 1. The minimum atomic E-state index is -0.464. The zero-order valence-electron chi connectivity index (χ0n) is 14.9. The Labute approximate surface area is 162 Å². The van der Waals surface area contributed by atoms with Gasteiger partial charge in [0.15, 0.2) is 0 Å². The van der Waals surface area contributed by atoms with Crippen molar-refractivity contribution < 1.29 is 19.1 Å². The minimum Gasteiger partial charge on any atom is -0.483 e. The highest BCUT2D eigenvalue weighted by atomic mass is 35.5. The second-order valence-electron chi connectivity index (χ2n) is 5.98. The van der Waals surface area contributed by atoms with Crippen LogP contribution in [-0.4, -0.2) is 53.5 Å². The van der Waals surface area contributed by atoms with Crippen molar-refractivity contribution >= 4 is 29.8 Å². The smallest absolute Gasteiger partial charge is 0.290 e. The van der Waals surface area contributed by atoms with Gasteiger partial charge in [0.25, 0.3) is 12.4 Å². The Balaban J connectivity index is 0.000000817.